The highest BCUT2D eigenvalue weighted by Crippen LogP contribution is 2.34. The van der Waals surface area contributed by atoms with Crippen LogP contribution in [0, 0.1) is 6.92 Å². The van der Waals surface area contributed by atoms with E-state index in [9.17, 15) is 0 Å². The number of aromatic nitrogens is 2. The summed E-state index contributed by atoms with van der Waals surface area (Å²) < 4.78 is 6.16. The first-order valence-corrected chi connectivity index (χ1v) is 9.31. The quantitative estimate of drug-likeness (QED) is 0.746. The fourth-order valence-corrected chi connectivity index (χ4v) is 3.48. The smallest absolute Gasteiger partial charge is 0.129 e. The number of fused-ring (bicyclic) bond motifs is 1. The lowest BCUT2D eigenvalue weighted by Crippen LogP contribution is -2.30. The van der Waals surface area contributed by atoms with Gasteiger partial charge in [0.1, 0.15) is 18.1 Å². The number of rotatable bonds is 5. The summed E-state index contributed by atoms with van der Waals surface area (Å²) in [5.74, 6) is 0.885. The van der Waals surface area contributed by atoms with Gasteiger partial charge in [-0.15, -0.1) is 0 Å². The van der Waals surface area contributed by atoms with Crippen LogP contribution in [0.3, 0.4) is 0 Å². The minimum absolute atomic E-state index is 0.561. The van der Waals surface area contributed by atoms with Gasteiger partial charge >= 0.3 is 0 Å². The number of nitrogens with one attached hydrogen (secondary N) is 1. The molecule has 1 aliphatic rings. The molecule has 0 spiro atoms. The first-order valence-electron chi connectivity index (χ1n) is 9.31. The number of hydrogen-bond donors (Lipinski definition) is 1. The van der Waals surface area contributed by atoms with Crippen LogP contribution in [0.2, 0.25) is 0 Å². The average molecular weight is 347 g/mol. The van der Waals surface area contributed by atoms with Gasteiger partial charge in [0.15, 0.2) is 0 Å². The van der Waals surface area contributed by atoms with Crippen molar-refractivity contribution >= 4 is 0 Å². The van der Waals surface area contributed by atoms with Crippen molar-refractivity contribution in [1.29, 1.82) is 0 Å². The van der Waals surface area contributed by atoms with Crippen molar-refractivity contribution in [3.05, 3.63) is 70.9 Å². The molecule has 134 valence electrons. The molecule has 1 aromatic heterocycles. The maximum Gasteiger partial charge on any atom is 0.129 e. The number of nitrogens with zero attached hydrogens (tertiary/aromatic N) is 2. The van der Waals surface area contributed by atoms with E-state index in [4.69, 9.17) is 4.74 Å². The number of H-pyrrole nitrogens is 1. The molecule has 4 heteroatoms. The number of aryl methyl sites for hydroxylation is 1. The molecule has 2 heterocycles. The van der Waals surface area contributed by atoms with Crippen molar-refractivity contribution in [2.24, 2.45) is 0 Å². The SMILES string of the molecule is CCN1CCc2[nH]nc(-c3ccccc3OCc3ccc(C)cc3)c2C1. The Morgan fingerprint density at radius 3 is 2.73 bits per heavy atom. The first-order chi connectivity index (χ1) is 12.7. The highest BCUT2D eigenvalue weighted by Gasteiger charge is 2.23. The Bertz CT molecular complexity index is 883. The van der Waals surface area contributed by atoms with E-state index in [0.717, 1.165) is 43.1 Å². The minimum atomic E-state index is 0.561. The topological polar surface area (TPSA) is 41.2 Å². The van der Waals surface area contributed by atoms with Gasteiger partial charge in [-0.05, 0) is 31.2 Å². The number of para-hydroxylation sites is 1. The number of ether oxygens (including phenoxy) is 1. The van der Waals surface area contributed by atoms with Gasteiger partial charge in [0.25, 0.3) is 0 Å². The monoisotopic (exact) mass is 347 g/mol. The summed E-state index contributed by atoms with van der Waals surface area (Å²) in [6.07, 6.45) is 1.03. The van der Waals surface area contributed by atoms with Crippen LogP contribution in [0.5, 0.6) is 5.75 Å². The van der Waals surface area contributed by atoms with Crippen LogP contribution in [-0.2, 0) is 19.6 Å². The van der Waals surface area contributed by atoms with E-state index in [2.05, 4.69) is 65.3 Å². The summed E-state index contributed by atoms with van der Waals surface area (Å²) in [5, 5.41) is 7.88. The van der Waals surface area contributed by atoms with Gasteiger partial charge in [0.2, 0.25) is 0 Å². The van der Waals surface area contributed by atoms with Crippen LogP contribution < -0.4 is 4.74 Å². The summed E-state index contributed by atoms with van der Waals surface area (Å²) in [4.78, 5) is 2.46. The zero-order chi connectivity index (χ0) is 17.9. The number of likely N-dealkylation sites (N-methyl/N-ethyl adjacent to an activating group) is 1. The summed E-state index contributed by atoms with van der Waals surface area (Å²) in [7, 11) is 0. The van der Waals surface area contributed by atoms with Crippen molar-refractivity contribution in [3.8, 4) is 17.0 Å². The Hall–Kier alpha value is -2.59. The maximum atomic E-state index is 6.16. The van der Waals surface area contributed by atoms with Gasteiger partial charge in [-0.3, -0.25) is 10.00 Å². The molecular formula is C22H25N3O. The normalized spacial score (nSPS) is 14.2. The van der Waals surface area contributed by atoms with Gasteiger partial charge in [-0.25, -0.2) is 0 Å². The van der Waals surface area contributed by atoms with E-state index in [1.54, 1.807) is 0 Å². The minimum Gasteiger partial charge on any atom is -0.488 e. The number of benzene rings is 2. The average Bonchev–Trinajstić information content (AvgIpc) is 3.10. The lowest BCUT2D eigenvalue weighted by molar-refractivity contribution is 0.267. The van der Waals surface area contributed by atoms with Crippen LogP contribution in [0.15, 0.2) is 48.5 Å². The molecule has 4 nitrogen and oxygen atoms in total. The van der Waals surface area contributed by atoms with Gasteiger partial charge in [0.05, 0.1) is 0 Å². The van der Waals surface area contributed by atoms with Crippen LogP contribution >= 0.6 is 0 Å². The molecule has 1 N–H and O–H groups in total. The maximum absolute atomic E-state index is 6.16. The molecule has 4 rings (SSSR count). The van der Waals surface area contributed by atoms with E-state index in [-0.39, 0.29) is 0 Å². The standard InChI is InChI=1S/C22H25N3O/c1-3-25-13-12-20-19(14-25)22(24-23-20)18-6-4-5-7-21(18)26-15-17-10-8-16(2)9-11-17/h4-11H,3,12-15H2,1-2H3,(H,23,24). The fourth-order valence-electron chi connectivity index (χ4n) is 3.48. The highest BCUT2D eigenvalue weighted by atomic mass is 16.5. The Morgan fingerprint density at radius 2 is 1.92 bits per heavy atom. The second-order valence-corrected chi connectivity index (χ2v) is 6.92. The van der Waals surface area contributed by atoms with Gasteiger partial charge < -0.3 is 4.74 Å². The van der Waals surface area contributed by atoms with E-state index in [1.807, 2.05) is 12.1 Å². The van der Waals surface area contributed by atoms with Crippen molar-refractivity contribution in [2.45, 2.75) is 33.4 Å². The summed E-state index contributed by atoms with van der Waals surface area (Å²) in [6.45, 7) is 7.98. The molecule has 0 amide bonds. The molecule has 0 atom stereocenters. The highest BCUT2D eigenvalue weighted by molar-refractivity contribution is 5.70. The van der Waals surface area contributed by atoms with Crippen molar-refractivity contribution < 1.29 is 4.74 Å². The van der Waals surface area contributed by atoms with Crippen LogP contribution in [0.1, 0.15) is 29.3 Å². The lowest BCUT2D eigenvalue weighted by atomic mass is 10.0. The Balaban J connectivity index is 1.60. The van der Waals surface area contributed by atoms with Crippen molar-refractivity contribution in [1.82, 2.24) is 15.1 Å². The zero-order valence-corrected chi connectivity index (χ0v) is 15.5. The van der Waals surface area contributed by atoms with Crippen LogP contribution in [-0.4, -0.2) is 28.2 Å². The largest absolute Gasteiger partial charge is 0.488 e. The molecule has 1 aliphatic heterocycles. The third kappa shape index (κ3) is 3.37. The van der Waals surface area contributed by atoms with E-state index >= 15 is 0 Å². The Kier molecular flexibility index (Phi) is 4.76. The van der Waals surface area contributed by atoms with Crippen molar-refractivity contribution in [3.63, 3.8) is 0 Å². The molecule has 0 saturated heterocycles. The molecule has 0 fully saturated rings. The van der Waals surface area contributed by atoms with Gasteiger partial charge in [-0.2, -0.15) is 5.10 Å². The van der Waals surface area contributed by atoms with Crippen LogP contribution in [0.25, 0.3) is 11.3 Å². The second kappa shape index (κ2) is 7.34. The number of hydrogen-bond acceptors (Lipinski definition) is 3. The first kappa shape index (κ1) is 16.9. The molecule has 0 saturated carbocycles. The number of aromatic amines is 1. The second-order valence-electron chi connectivity index (χ2n) is 6.92. The predicted octanol–water partition coefficient (Wildman–Crippen LogP) is 4.34. The molecule has 0 bridgehead atoms. The third-order valence-electron chi connectivity index (χ3n) is 5.12. The molecule has 2 aromatic carbocycles. The summed E-state index contributed by atoms with van der Waals surface area (Å²) in [6, 6.07) is 16.7. The zero-order valence-electron chi connectivity index (χ0n) is 15.5. The molecule has 26 heavy (non-hydrogen) atoms. The molecule has 0 radical (unpaired) electrons. The molecule has 0 unspecified atom stereocenters. The third-order valence-corrected chi connectivity index (χ3v) is 5.12. The van der Waals surface area contributed by atoms with E-state index < -0.39 is 0 Å². The van der Waals surface area contributed by atoms with Gasteiger partial charge in [-0.1, -0.05) is 48.9 Å². The molecule has 0 aliphatic carbocycles. The van der Waals surface area contributed by atoms with Crippen molar-refractivity contribution in [2.75, 3.05) is 13.1 Å². The van der Waals surface area contributed by atoms with E-state index in [1.165, 1.54) is 22.4 Å². The molecular weight excluding hydrogens is 322 g/mol. The van der Waals surface area contributed by atoms with E-state index in [0.29, 0.717) is 6.61 Å². The van der Waals surface area contributed by atoms with Crippen LogP contribution in [0.4, 0.5) is 0 Å². The summed E-state index contributed by atoms with van der Waals surface area (Å²) in [5.41, 5.74) is 7.10. The predicted molar refractivity (Wildman–Crippen MR) is 104 cm³/mol. The fraction of sp³-hybridized carbons (Fsp3) is 0.318. The van der Waals surface area contributed by atoms with Gasteiger partial charge in [0, 0.05) is 36.3 Å². The lowest BCUT2D eigenvalue weighted by Gasteiger charge is -2.25. The summed E-state index contributed by atoms with van der Waals surface area (Å²) >= 11 is 0. The Morgan fingerprint density at radius 1 is 1.12 bits per heavy atom. The Labute approximate surface area is 154 Å². The molecule has 3 aromatic rings.